The second kappa shape index (κ2) is 12.3. The smallest absolute Gasteiger partial charge is 0.217 e. The molecule has 1 atom stereocenters. The lowest BCUT2D eigenvalue weighted by molar-refractivity contribution is 0.149. The molecule has 0 amide bonds. The van der Waals surface area contributed by atoms with Crippen molar-refractivity contribution in [2.45, 2.75) is 122 Å². The van der Waals surface area contributed by atoms with Gasteiger partial charge >= 0.3 is 0 Å². The van der Waals surface area contributed by atoms with E-state index in [0.717, 1.165) is 73.1 Å². The van der Waals surface area contributed by atoms with Crippen LogP contribution in [0.2, 0.25) is 0 Å². The van der Waals surface area contributed by atoms with Gasteiger partial charge in [-0.05, 0) is 63.7 Å². The highest BCUT2D eigenvalue weighted by Gasteiger charge is 2.33. The van der Waals surface area contributed by atoms with E-state index in [-0.39, 0.29) is 12.1 Å². The first-order valence-corrected chi connectivity index (χ1v) is 14.8. The molecule has 1 saturated heterocycles. The molecule has 2 aliphatic carbocycles. The third kappa shape index (κ3) is 6.47. The molecule has 7 nitrogen and oxygen atoms in total. The third-order valence-corrected chi connectivity index (χ3v) is 8.49. The number of nitrogens with one attached hydrogen (secondary N) is 1. The SMILES string of the molecule is Cc1c(N/N=C\CC2CCCCC2)cc(OC2CCCCC2)nc1N1CCCC1c1cc(C(C)C)no1. The summed E-state index contributed by atoms with van der Waals surface area (Å²) in [5.41, 5.74) is 6.44. The van der Waals surface area contributed by atoms with Crippen LogP contribution in [-0.4, -0.2) is 29.0 Å². The van der Waals surface area contributed by atoms with Crippen LogP contribution >= 0.6 is 0 Å². The van der Waals surface area contributed by atoms with Crippen molar-refractivity contribution in [1.82, 2.24) is 10.1 Å². The summed E-state index contributed by atoms with van der Waals surface area (Å²) < 4.78 is 12.3. The maximum Gasteiger partial charge on any atom is 0.217 e. The van der Waals surface area contributed by atoms with Gasteiger partial charge in [-0.25, -0.2) is 0 Å². The van der Waals surface area contributed by atoms with E-state index in [0.29, 0.717) is 11.8 Å². The fourth-order valence-electron chi connectivity index (χ4n) is 6.17. The minimum absolute atomic E-state index is 0.138. The van der Waals surface area contributed by atoms with Crippen molar-refractivity contribution in [2.75, 3.05) is 16.9 Å². The van der Waals surface area contributed by atoms with Gasteiger partial charge in [0.05, 0.1) is 17.4 Å². The number of pyridine rings is 1. The topological polar surface area (TPSA) is 75.8 Å². The predicted octanol–water partition coefficient (Wildman–Crippen LogP) is 7.92. The molecule has 0 spiro atoms. The molecule has 0 bridgehead atoms. The van der Waals surface area contributed by atoms with Gasteiger partial charge in [0.2, 0.25) is 5.88 Å². The number of hydrogen-bond donors (Lipinski definition) is 1. The van der Waals surface area contributed by atoms with Crippen molar-refractivity contribution in [1.29, 1.82) is 0 Å². The molecule has 1 aliphatic heterocycles. The van der Waals surface area contributed by atoms with Crippen molar-refractivity contribution in [3.05, 3.63) is 29.2 Å². The van der Waals surface area contributed by atoms with Crippen molar-refractivity contribution in [3.8, 4) is 5.88 Å². The van der Waals surface area contributed by atoms with E-state index >= 15 is 0 Å². The highest BCUT2D eigenvalue weighted by Crippen LogP contribution is 2.40. The average molecular weight is 508 g/mol. The summed E-state index contributed by atoms with van der Waals surface area (Å²) in [6.07, 6.45) is 18.3. The Bertz CT molecular complexity index is 1040. The van der Waals surface area contributed by atoms with Gasteiger partial charge in [0.1, 0.15) is 11.9 Å². The van der Waals surface area contributed by atoms with E-state index in [1.165, 1.54) is 51.4 Å². The standard InChI is InChI=1S/C30H45N5O2/c1-21(2)25-19-28(37-34-25)27-15-10-18-35(27)30-22(3)26(33-31-17-16-23-11-6-4-7-12-23)20-29(32-30)36-24-13-8-5-9-14-24/h17,19-21,23-24,27H,4-16,18H2,1-3H3,(H,32,33)/b31-17-. The number of aromatic nitrogens is 2. The van der Waals surface area contributed by atoms with Crippen LogP contribution in [0.5, 0.6) is 5.88 Å². The lowest BCUT2D eigenvalue weighted by atomic mass is 9.87. The zero-order valence-corrected chi connectivity index (χ0v) is 23.0. The van der Waals surface area contributed by atoms with Crippen LogP contribution in [0.4, 0.5) is 11.5 Å². The molecule has 2 saturated carbocycles. The highest BCUT2D eigenvalue weighted by molar-refractivity contribution is 5.67. The number of ether oxygens (including phenoxy) is 1. The Hall–Kier alpha value is -2.57. The molecule has 2 aromatic heterocycles. The van der Waals surface area contributed by atoms with E-state index in [4.69, 9.17) is 14.2 Å². The van der Waals surface area contributed by atoms with Crippen LogP contribution in [0.15, 0.2) is 21.8 Å². The summed E-state index contributed by atoms with van der Waals surface area (Å²) in [7, 11) is 0. The molecule has 3 aliphatic rings. The predicted molar refractivity (Wildman–Crippen MR) is 150 cm³/mol. The van der Waals surface area contributed by atoms with Crippen LogP contribution in [0.1, 0.15) is 126 Å². The van der Waals surface area contributed by atoms with E-state index in [9.17, 15) is 0 Å². The summed E-state index contributed by atoms with van der Waals surface area (Å²) in [4.78, 5) is 7.46. The molecular weight excluding hydrogens is 462 g/mol. The van der Waals surface area contributed by atoms with Gasteiger partial charge in [0, 0.05) is 30.5 Å². The number of hydrazone groups is 1. The molecule has 2 aromatic rings. The second-order valence-electron chi connectivity index (χ2n) is 11.7. The average Bonchev–Trinajstić information content (AvgIpc) is 3.59. The first kappa shape index (κ1) is 26.1. The van der Waals surface area contributed by atoms with Gasteiger partial charge in [0.25, 0.3) is 0 Å². The van der Waals surface area contributed by atoms with Gasteiger partial charge in [-0.2, -0.15) is 10.1 Å². The van der Waals surface area contributed by atoms with Crippen molar-refractivity contribution < 1.29 is 9.26 Å². The molecule has 1 N–H and O–H groups in total. The molecule has 0 radical (unpaired) electrons. The van der Waals surface area contributed by atoms with Crippen molar-refractivity contribution in [3.63, 3.8) is 0 Å². The monoisotopic (exact) mass is 507 g/mol. The Morgan fingerprint density at radius 1 is 1.05 bits per heavy atom. The van der Waals surface area contributed by atoms with E-state index in [1.807, 2.05) is 6.07 Å². The molecule has 37 heavy (non-hydrogen) atoms. The number of rotatable bonds is 9. The highest BCUT2D eigenvalue weighted by atomic mass is 16.5. The Labute approximate surface area is 222 Å². The maximum atomic E-state index is 6.46. The Kier molecular flexibility index (Phi) is 8.67. The quantitative estimate of drug-likeness (QED) is 0.274. The molecule has 0 aromatic carbocycles. The van der Waals surface area contributed by atoms with E-state index in [1.54, 1.807) is 0 Å². The van der Waals surface area contributed by atoms with Gasteiger partial charge in [-0.15, -0.1) is 0 Å². The van der Waals surface area contributed by atoms with Gasteiger partial charge < -0.3 is 14.2 Å². The summed E-state index contributed by atoms with van der Waals surface area (Å²) in [5, 5.41) is 8.98. The molecule has 3 fully saturated rings. The summed E-state index contributed by atoms with van der Waals surface area (Å²) in [6, 6.07) is 4.31. The minimum atomic E-state index is 0.138. The lowest BCUT2D eigenvalue weighted by Crippen LogP contribution is -2.25. The zero-order valence-electron chi connectivity index (χ0n) is 23.0. The maximum absolute atomic E-state index is 6.46. The number of nitrogens with zero attached hydrogens (tertiary/aromatic N) is 4. The zero-order chi connectivity index (χ0) is 25.6. The molecule has 1 unspecified atom stereocenters. The summed E-state index contributed by atoms with van der Waals surface area (Å²) in [6.45, 7) is 7.38. The normalized spacial score (nSPS) is 21.8. The molecule has 202 valence electrons. The van der Waals surface area contributed by atoms with E-state index in [2.05, 4.69) is 53.6 Å². The van der Waals surface area contributed by atoms with E-state index < -0.39 is 0 Å². The Morgan fingerprint density at radius 2 is 1.81 bits per heavy atom. The molecule has 5 rings (SSSR count). The second-order valence-corrected chi connectivity index (χ2v) is 11.7. The molecule has 7 heteroatoms. The van der Waals surface area contributed by atoms with Gasteiger partial charge in [0.15, 0.2) is 5.76 Å². The third-order valence-electron chi connectivity index (χ3n) is 8.49. The van der Waals surface area contributed by atoms with Crippen molar-refractivity contribution in [2.24, 2.45) is 11.0 Å². The number of anilines is 2. The molecular formula is C30H45N5O2. The van der Waals surface area contributed by atoms with Crippen LogP contribution in [-0.2, 0) is 0 Å². The largest absolute Gasteiger partial charge is 0.474 e. The van der Waals surface area contributed by atoms with Gasteiger partial charge in [-0.3, -0.25) is 5.43 Å². The Balaban J connectivity index is 1.38. The van der Waals surface area contributed by atoms with Crippen LogP contribution in [0, 0.1) is 12.8 Å². The fraction of sp³-hybridized carbons (Fsp3) is 0.700. The van der Waals surface area contributed by atoms with Crippen LogP contribution in [0.25, 0.3) is 0 Å². The minimum Gasteiger partial charge on any atom is -0.474 e. The van der Waals surface area contributed by atoms with Crippen LogP contribution < -0.4 is 15.1 Å². The van der Waals surface area contributed by atoms with Gasteiger partial charge in [-0.1, -0.05) is 57.5 Å². The summed E-state index contributed by atoms with van der Waals surface area (Å²) >= 11 is 0. The Morgan fingerprint density at radius 3 is 2.54 bits per heavy atom. The lowest BCUT2D eigenvalue weighted by Gasteiger charge is -2.28. The molecule has 3 heterocycles. The first-order chi connectivity index (χ1) is 18.1. The summed E-state index contributed by atoms with van der Waals surface area (Å²) in [5.74, 6) is 3.72. The van der Waals surface area contributed by atoms with Crippen LogP contribution in [0.3, 0.4) is 0 Å². The van der Waals surface area contributed by atoms with Crippen molar-refractivity contribution >= 4 is 17.7 Å². The first-order valence-electron chi connectivity index (χ1n) is 14.8. The number of hydrogen-bond acceptors (Lipinski definition) is 7. The fourth-order valence-corrected chi connectivity index (χ4v) is 6.17.